The van der Waals surface area contributed by atoms with Crippen molar-refractivity contribution in [2.45, 2.75) is 13.1 Å². The standard InChI is InChI=1S/C21H23FN4OS2/c22-17-5-3-16(4-6-17)12-23-20(27)13-25-7-9-26(10-8-25)14-21-24-18(15-29-21)19-2-1-11-28-19/h1-6,11,15H,7-10,12-14H2,(H,23,27). The average molecular weight is 431 g/mol. The van der Waals surface area contributed by atoms with Crippen LogP contribution in [-0.4, -0.2) is 53.4 Å². The molecule has 0 unspecified atom stereocenters. The molecule has 0 spiro atoms. The minimum atomic E-state index is -0.265. The molecule has 152 valence electrons. The fourth-order valence-electron chi connectivity index (χ4n) is 3.28. The number of nitrogens with zero attached hydrogens (tertiary/aromatic N) is 3. The largest absolute Gasteiger partial charge is 0.351 e. The zero-order valence-electron chi connectivity index (χ0n) is 16.0. The summed E-state index contributed by atoms with van der Waals surface area (Å²) in [6, 6.07) is 10.4. The number of rotatable bonds is 7. The van der Waals surface area contributed by atoms with Gasteiger partial charge in [-0.3, -0.25) is 14.6 Å². The molecule has 1 aliphatic heterocycles. The van der Waals surface area contributed by atoms with Crippen molar-refractivity contribution in [3.63, 3.8) is 0 Å². The zero-order chi connectivity index (χ0) is 20.1. The number of benzene rings is 1. The second-order valence-electron chi connectivity index (χ2n) is 7.06. The SMILES string of the molecule is O=C(CN1CCN(Cc2nc(-c3cccs3)cs2)CC1)NCc1ccc(F)cc1. The van der Waals surface area contributed by atoms with Crippen LogP contribution in [0, 0.1) is 5.82 Å². The number of carbonyl (C=O) groups excluding carboxylic acids is 1. The summed E-state index contributed by atoms with van der Waals surface area (Å²) >= 11 is 3.42. The van der Waals surface area contributed by atoms with Gasteiger partial charge in [0.05, 0.1) is 23.7 Å². The molecule has 29 heavy (non-hydrogen) atoms. The number of hydrogen-bond acceptors (Lipinski definition) is 6. The maximum absolute atomic E-state index is 12.9. The number of nitrogens with one attached hydrogen (secondary N) is 1. The second-order valence-corrected chi connectivity index (χ2v) is 8.95. The number of carbonyl (C=O) groups is 1. The van der Waals surface area contributed by atoms with E-state index in [1.54, 1.807) is 34.8 Å². The molecule has 1 aliphatic rings. The van der Waals surface area contributed by atoms with Gasteiger partial charge in [-0.25, -0.2) is 9.37 Å². The van der Waals surface area contributed by atoms with Crippen LogP contribution in [0.25, 0.3) is 10.6 Å². The molecule has 1 aromatic carbocycles. The molecule has 1 fully saturated rings. The van der Waals surface area contributed by atoms with Crippen LogP contribution in [0.2, 0.25) is 0 Å². The van der Waals surface area contributed by atoms with Crippen LogP contribution in [-0.2, 0) is 17.9 Å². The average Bonchev–Trinajstić information content (AvgIpc) is 3.41. The quantitative estimate of drug-likeness (QED) is 0.624. The van der Waals surface area contributed by atoms with Crippen LogP contribution in [0.15, 0.2) is 47.2 Å². The normalized spacial score (nSPS) is 15.5. The molecule has 1 N–H and O–H groups in total. The highest BCUT2D eigenvalue weighted by molar-refractivity contribution is 7.14. The minimum Gasteiger partial charge on any atom is -0.351 e. The summed E-state index contributed by atoms with van der Waals surface area (Å²) in [7, 11) is 0. The van der Waals surface area contributed by atoms with Gasteiger partial charge >= 0.3 is 0 Å². The van der Waals surface area contributed by atoms with Crippen LogP contribution in [0.1, 0.15) is 10.6 Å². The molecule has 8 heteroatoms. The van der Waals surface area contributed by atoms with Crippen LogP contribution >= 0.6 is 22.7 Å². The molecule has 5 nitrogen and oxygen atoms in total. The van der Waals surface area contributed by atoms with Gasteiger partial charge in [0.15, 0.2) is 0 Å². The fraction of sp³-hybridized carbons (Fsp3) is 0.333. The van der Waals surface area contributed by atoms with Gasteiger partial charge in [0.25, 0.3) is 0 Å². The Labute approximate surface area is 177 Å². The van der Waals surface area contributed by atoms with Crippen molar-refractivity contribution in [1.82, 2.24) is 20.1 Å². The van der Waals surface area contributed by atoms with Crippen molar-refractivity contribution in [3.05, 3.63) is 63.5 Å². The molecule has 0 bridgehead atoms. The lowest BCUT2D eigenvalue weighted by Crippen LogP contribution is -2.49. The van der Waals surface area contributed by atoms with E-state index in [4.69, 9.17) is 4.98 Å². The summed E-state index contributed by atoms with van der Waals surface area (Å²) in [5.74, 6) is -0.262. The van der Waals surface area contributed by atoms with Crippen molar-refractivity contribution in [2.75, 3.05) is 32.7 Å². The predicted octanol–water partition coefficient (Wildman–Crippen LogP) is 3.44. The van der Waals surface area contributed by atoms with Crippen molar-refractivity contribution >= 4 is 28.6 Å². The van der Waals surface area contributed by atoms with Crippen LogP contribution in [0.4, 0.5) is 4.39 Å². The molecule has 2 aromatic heterocycles. The summed E-state index contributed by atoms with van der Waals surface area (Å²) in [6.07, 6.45) is 0. The third kappa shape index (κ3) is 5.70. The summed E-state index contributed by atoms with van der Waals surface area (Å²) in [6.45, 7) is 5.28. The molecule has 0 atom stereocenters. The van der Waals surface area contributed by atoms with E-state index < -0.39 is 0 Å². The Kier molecular flexibility index (Phi) is 6.66. The first-order valence-corrected chi connectivity index (χ1v) is 11.4. The lowest BCUT2D eigenvalue weighted by molar-refractivity contribution is -0.122. The summed E-state index contributed by atoms with van der Waals surface area (Å²) in [5, 5.41) is 8.25. The topological polar surface area (TPSA) is 48.5 Å². The number of hydrogen-bond donors (Lipinski definition) is 1. The molecular formula is C21H23FN4OS2. The lowest BCUT2D eigenvalue weighted by atomic mass is 10.2. The van der Waals surface area contributed by atoms with Crippen molar-refractivity contribution in [1.29, 1.82) is 0 Å². The first-order chi connectivity index (χ1) is 14.2. The van der Waals surface area contributed by atoms with Crippen LogP contribution < -0.4 is 5.32 Å². The van der Waals surface area contributed by atoms with Gasteiger partial charge in [-0.1, -0.05) is 18.2 Å². The highest BCUT2D eigenvalue weighted by Gasteiger charge is 2.20. The van der Waals surface area contributed by atoms with E-state index in [2.05, 4.69) is 31.9 Å². The van der Waals surface area contributed by atoms with E-state index in [-0.39, 0.29) is 11.7 Å². The third-order valence-electron chi connectivity index (χ3n) is 4.92. The number of aromatic nitrogens is 1. The second kappa shape index (κ2) is 9.58. The molecule has 1 saturated heterocycles. The van der Waals surface area contributed by atoms with Crippen LogP contribution in [0.3, 0.4) is 0 Å². The van der Waals surface area contributed by atoms with Gasteiger partial charge < -0.3 is 5.32 Å². The number of thiazole rings is 1. The minimum absolute atomic E-state index is 0.00304. The van der Waals surface area contributed by atoms with Gasteiger partial charge in [-0.05, 0) is 29.1 Å². The van der Waals surface area contributed by atoms with Gasteiger partial charge in [-0.15, -0.1) is 22.7 Å². The highest BCUT2D eigenvalue weighted by atomic mass is 32.1. The zero-order valence-corrected chi connectivity index (χ0v) is 17.6. The van der Waals surface area contributed by atoms with E-state index in [1.807, 2.05) is 6.07 Å². The maximum atomic E-state index is 12.9. The Morgan fingerprint density at radius 2 is 1.83 bits per heavy atom. The summed E-state index contributed by atoms with van der Waals surface area (Å²) in [4.78, 5) is 22.7. The molecule has 1 amide bonds. The molecule has 3 aromatic rings. The van der Waals surface area contributed by atoms with Crippen molar-refractivity contribution in [2.24, 2.45) is 0 Å². The van der Waals surface area contributed by atoms with Gasteiger partial charge in [-0.2, -0.15) is 0 Å². The van der Waals surface area contributed by atoms with E-state index >= 15 is 0 Å². The monoisotopic (exact) mass is 430 g/mol. The Hall–Kier alpha value is -2.13. The van der Waals surface area contributed by atoms with E-state index in [0.29, 0.717) is 13.1 Å². The van der Waals surface area contributed by atoms with Crippen molar-refractivity contribution in [3.8, 4) is 10.6 Å². The lowest BCUT2D eigenvalue weighted by Gasteiger charge is -2.33. The molecule has 0 saturated carbocycles. The number of piperazine rings is 1. The molecule has 0 aliphatic carbocycles. The fourth-order valence-corrected chi connectivity index (χ4v) is 4.88. The summed E-state index contributed by atoms with van der Waals surface area (Å²) < 4.78 is 12.9. The Morgan fingerprint density at radius 3 is 2.55 bits per heavy atom. The van der Waals surface area contributed by atoms with E-state index in [0.717, 1.165) is 49.0 Å². The number of thiophene rings is 1. The Morgan fingerprint density at radius 1 is 1.07 bits per heavy atom. The highest BCUT2D eigenvalue weighted by Crippen LogP contribution is 2.26. The summed E-state index contributed by atoms with van der Waals surface area (Å²) in [5.41, 5.74) is 1.96. The molecule has 3 heterocycles. The van der Waals surface area contributed by atoms with Crippen LogP contribution in [0.5, 0.6) is 0 Å². The van der Waals surface area contributed by atoms with Gasteiger partial charge in [0.2, 0.25) is 5.91 Å². The van der Waals surface area contributed by atoms with E-state index in [9.17, 15) is 9.18 Å². The number of halogens is 1. The molecule has 4 rings (SSSR count). The maximum Gasteiger partial charge on any atom is 0.234 e. The van der Waals surface area contributed by atoms with Gasteiger partial charge in [0, 0.05) is 38.1 Å². The number of amides is 1. The Bertz CT molecular complexity index is 919. The molecule has 0 radical (unpaired) electrons. The molecular weight excluding hydrogens is 407 g/mol. The van der Waals surface area contributed by atoms with E-state index in [1.165, 1.54) is 17.0 Å². The Balaban J connectivity index is 1.18. The predicted molar refractivity (Wildman–Crippen MR) is 115 cm³/mol. The first kappa shape index (κ1) is 20.2. The third-order valence-corrected chi connectivity index (χ3v) is 6.65. The van der Waals surface area contributed by atoms with Crippen molar-refractivity contribution < 1.29 is 9.18 Å². The van der Waals surface area contributed by atoms with Gasteiger partial charge in [0.1, 0.15) is 10.8 Å². The smallest absolute Gasteiger partial charge is 0.234 e. The first-order valence-electron chi connectivity index (χ1n) is 9.60.